The molecule has 1 atom stereocenters. The number of carbonyl (C=O) groups is 1. The molecule has 0 amide bonds. The van der Waals surface area contributed by atoms with Gasteiger partial charge in [0.25, 0.3) is 0 Å². The number of aliphatic hydroxyl groups excluding tert-OH is 1. The molecule has 0 saturated heterocycles. The van der Waals surface area contributed by atoms with Gasteiger partial charge in [0.05, 0.1) is 4.88 Å². The quantitative estimate of drug-likeness (QED) is 0.782. The average Bonchev–Trinajstić information content (AvgIpc) is 2.52. The van der Waals surface area contributed by atoms with Gasteiger partial charge in [0.15, 0.2) is 5.78 Å². The van der Waals surface area contributed by atoms with Crippen LogP contribution in [0.5, 0.6) is 0 Å². The molecule has 3 nitrogen and oxygen atoms in total. The van der Waals surface area contributed by atoms with Crippen LogP contribution in [-0.4, -0.2) is 17.5 Å². The van der Waals surface area contributed by atoms with Gasteiger partial charge in [-0.1, -0.05) is 0 Å². The Labute approximate surface area is 93.3 Å². The van der Waals surface area contributed by atoms with Gasteiger partial charge < -0.3 is 10.8 Å². The van der Waals surface area contributed by atoms with E-state index in [-0.39, 0.29) is 30.8 Å². The van der Waals surface area contributed by atoms with Crippen LogP contribution in [0, 0.1) is 0 Å². The van der Waals surface area contributed by atoms with Crippen LogP contribution in [0.2, 0.25) is 0 Å². The first-order chi connectivity index (χ1) is 6.15. The third kappa shape index (κ3) is 3.38. The number of nitrogens with two attached hydrogens (primary N) is 1. The number of rotatable bonds is 4. The monoisotopic (exact) mass is 235 g/mol. The van der Waals surface area contributed by atoms with Crippen molar-refractivity contribution in [1.82, 2.24) is 0 Å². The number of thiophene rings is 1. The zero-order valence-electron chi connectivity index (χ0n) is 7.90. The van der Waals surface area contributed by atoms with E-state index in [2.05, 4.69) is 0 Å². The molecule has 5 heteroatoms. The summed E-state index contributed by atoms with van der Waals surface area (Å²) in [7, 11) is 0. The average molecular weight is 236 g/mol. The van der Waals surface area contributed by atoms with Gasteiger partial charge in [-0.3, -0.25) is 4.79 Å². The van der Waals surface area contributed by atoms with Gasteiger partial charge >= 0.3 is 0 Å². The van der Waals surface area contributed by atoms with Crippen LogP contribution in [0.4, 0.5) is 0 Å². The lowest BCUT2D eigenvalue weighted by Crippen LogP contribution is -2.09. The number of halogens is 1. The van der Waals surface area contributed by atoms with Crippen molar-refractivity contribution in [2.24, 2.45) is 5.73 Å². The van der Waals surface area contributed by atoms with Gasteiger partial charge in [-0.25, -0.2) is 0 Å². The van der Waals surface area contributed by atoms with E-state index in [1.807, 2.05) is 6.07 Å². The van der Waals surface area contributed by atoms with E-state index < -0.39 is 0 Å². The summed E-state index contributed by atoms with van der Waals surface area (Å²) in [4.78, 5) is 12.6. The van der Waals surface area contributed by atoms with Crippen molar-refractivity contribution in [1.29, 1.82) is 0 Å². The van der Waals surface area contributed by atoms with Crippen molar-refractivity contribution >= 4 is 29.5 Å². The maximum absolute atomic E-state index is 11.0. The lowest BCUT2D eigenvalue weighted by molar-refractivity contribution is 0.102. The molecule has 0 aliphatic heterocycles. The molecule has 3 N–H and O–H groups in total. The van der Waals surface area contributed by atoms with E-state index in [1.165, 1.54) is 18.3 Å². The van der Waals surface area contributed by atoms with Crippen LogP contribution in [0.3, 0.4) is 0 Å². The first-order valence-corrected chi connectivity index (χ1v) is 4.94. The summed E-state index contributed by atoms with van der Waals surface area (Å²) < 4.78 is 0. The second kappa shape index (κ2) is 6.14. The summed E-state index contributed by atoms with van der Waals surface area (Å²) >= 11 is 1.40. The van der Waals surface area contributed by atoms with Crippen LogP contribution >= 0.6 is 23.7 Å². The van der Waals surface area contributed by atoms with Crippen LogP contribution in [0.1, 0.15) is 33.9 Å². The van der Waals surface area contributed by atoms with E-state index in [9.17, 15) is 4.79 Å². The molecule has 0 bridgehead atoms. The fourth-order valence-electron chi connectivity index (χ4n) is 1.02. The summed E-state index contributed by atoms with van der Waals surface area (Å²) in [5.74, 6) is 0.0625. The Morgan fingerprint density at radius 3 is 2.71 bits per heavy atom. The molecule has 14 heavy (non-hydrogen) atoms. The van der Waals surface area contributed by atoms with Crippen molar-refractivity contribution < 1.29 is 9.90 Å². The van der Waals surface area contributed by atoms with Gasteiger partial charge in [-0.05, 0) is 25.5 Å². The molecule has 0 aliphatic rings. The summed E-state index contributed by atoms with van der Waals surface area (Å²) in [6, 6.07) is 3.48. The minimum Gasteiger partial charge on any atom is -0.396 e. The van der Waals surface area contributed by atoms with Gasteiger partial charge in [0.1, 0.15) is 0 Å². The first kappa shape index (κ1) is 13.6. The van der Waals surface area contributed by atoms with Crippen molar-refractivity contribution in [2.75, 3.05) is 6.61 Å². The van der Waals surface area contributed by atoms with Crippen molar-refractivity contribution in [3.63, 3.8) is 0 Å². The molecular formula is C9H14ClNO2S. The third-order valence-corrected chi connectivity index (χ3v) is 3.10. The first-order valence-electron chi connectivity index (χ1n) is 4.12. The number of ketones is 1. The molecular weight excluding hydrogens is 222 g/mol. The Morgan fingerprint density at radius 1 is 1.64 bits per heavy atom. The van der Waals surface area contributed by atoms with E-state index in [4.69, 9.17) is 10.8 Å². The molecule has 1 heterocycles. The van der Waals surface area contributed by atoms with Crippen molar-refractivity contribution in [3.8, 4) is 0 Å². The largest absolute Gasteiger partial charge is 0.396 e. The third-order valence-electron chi connectivity index (χ3n) is 1.78. The van der Waals surface area contributed by atoms with E-state index in [1.54, 1.807) is 6.07 Å². The van der Waals surface area contributed by atoms with Gasteiger partial charge in [0, 0.05) is 17.5 Å². The second-order valence-electron chi connectivity index (χ2n) is 2.88. The number of Topliss-reactive ketones (excluding diaryl/α,β-unsaturated/α-hetero) is 1. The molecule has 1 aromatic rings. The summed E-state index contributed by atoms with van der Waals surface area (Å²) in [6.45, 7) is 1.61. The lowest BCUT2D eigenvalue weighted by atomic mass is 10.2. The van der Waals surface area contributed by atoms with E-state index >= 15 is 0 Å². The van der Waals surface area contributed by atoms with Crippen LogP contribution in [0.25, 0.3) is 0 Å². The van der Waals surface area contributed by atoms with Gasteiger partial charge in [-0.2, -0.15) is 0 Å². The minimum absolute atomic E-state index is 0. The fraction of sp³-hybridized carbons (Fsp3) is 0.444. The molecule has 1 rings (SSSR count). The lowest BCUT2D eigenvalue weighted by Gasteiger charge is -2.05. The predicted molar refractivity (Wildman–Crippen MR) is 60.2 cm³/mol. The molecule has 0 fully saturated rings. The Balaban J connectivity index is 0.00000169. The van der Waals surface area contributed by atoms with E-state index in [0.717, 1.165) is 9.75 Å². The molecule has 0 spiro atoms. The zero-order chi connectivity index (χ0) is 9.84. The predicted octanol–water partition coefficient (Wildman–Crippen LogP) is 1.75. The molecule has 80 valence electrons. The SMILES string of the molecule is CC(=O)c1ccc(C(N)CCO)s1.Cl. The second-order valence-corrected chi connectivity index (χ2v) is 3.99. The normalized spacial score (nSPS) is 11.9. The van der Waals surface area contributed by atoms with Gasteiger partial charge in [0.2, 0.25) is 0 Å². The molecule has 1 aromatic heterocycles. The summed E-state index contributed by atoms with van der Waals surface area (Å²) in [6.07, 6.45) is 0.540. The van der Waals surface area contributed by atoms with E-state index in [0.29, 0.717) is 6.42 Å². The van der Waals surface area contributed by atoms with Crippen LogP contribution in [0.15, 0.2) is 12.1 Å². The highest BCUT2D eigenvalue weighted by atomic mass is 35.5. The van der Waals surface area contributed by atoms with Gasteiger partial charge in [-0.15, -0.1) is 23.7 Å². The highest BCUT2D eigenvalue weighted by Crippen LogP contribution is 2.23. The maximum Gasteiger partial charge on any atom is 0.169 e. The van der Waals surface area contributed by atoms with Crippen LogP contribution < -0.4 is 5.73 Å². The molecule has 0 saturated carbocycles. The maximum atomic E-state index is 11.0. The Bertz CT molecular complexity index is 301. The number of carbonyl (C=O) groups excluding carboxylic acids is 1. The summed E-state index contributed by atoms with van der Waals surface area (Å²) in [5, 5.41) is 8.67. The number of aliphatic hydroxyl groups is 1. The number of hydrogen-bond acceptors (Lipinski definition) is 4. The smallest absolute Gasteiger partial charge is 0.169 e. The molecule has 0 radical (unpaired) electrons. The fourth-order valence-corrected chi connectivity index (χ4v) is 1.96. The number of hydrogen-bond donors (Lipinski definition) is 2. The Kier molecular flexibility index (Phi) is 5.95. The standard InChI is InChI=1S/C9H13NO2S.ClH/c1-6(12)8-2-3-9(13-8)7(10)4-5-11;/h2-3,7,11H,4-5,10H2,1H3;1H. The highest BCUT2D eigenvalue weighted by Gasteiger charge is 2.10. The molecule has 0 aromatic carbocycles. The van der Waals surface area contributed by atoms with Crippen molar-refractivity contribution in [2.45, 2.75) is 19.4 Å². The van der Waals surface area contributed by atoms with Crippen molar-refractivity contribution in [3.05, 3.63) is 21.9 Å². The Morgan fingerprint density at radius 2 is 2.29 bits per heavy atom. The highest BCUT2D eigenvalue weighted by molar-refractivity contribution is 7.14. The molecule has 0 aliphatic carbocycles. The topological polar surface area (TPSA) is 63.3 Å². The Hall–Kier alpha value is -0.420. The molecule has 1 unspecified atom stereocenters. The zero-order valence-corrected chi connectivity index (χ0v) is 9.53. The van der Waals surface area contributed by atoms with Crippen LogP contribution in [-0.2, 0) is 0 Å². The summed E-state index contributed by atoms with van der Waals surface area (Å²) in [5.41, 5.74) is 5.76. The minimum atomic E-state index is -0.150.